The Kier molecular flexibility index (Phi) is 3.96. The normalized spacial score (nSPS) is 10.9. The Morgan fingerprint density at radius 1 is 1.50 bits per heavy atom. The van der Waals surface area contributed by atoms with Gasteiger partial charge in [0.05, 0.1) is 16.7 Å². The molecule has 1 aromatic carbocycles. The van der Waals surface area contributed by atoms with Crippen molar-refractivity contribution in [3.05, 3.63) is 39.7 Å². The van der Waals surface area contributed by atoms with Gasteiger partial charge in [-0.25, -0.2) is 4.39 Å². The van der Waals surface area contributed by atoms with Gasteiger partial charge in [0.1, 0.15) is 0 Å². The Morgan fingerprint density at radius 3 is 2.75 bits per heavy atom. The Balaban J connectivity index is 3.11. The molecular formula is C10H12FN3O2. The second kappa shape index (κ2) is 5.22. The minimum atomic E-state index is -0.790. The number of anilines is 1. The van der Waals surface area contributed by atoms with Crippen molar-refractivity contribution in [1.29, 1.82) is 0 Å². The van der Waals surface area contributed by atoms with E-state index in [1.807, 2.05) is 0 Å². The first-order chi connectivity index (χ1) is 7.56. The average Bonchev–Trinajstić information content (AvgIpc) is 2.24. The molecule has 0 aliphatic rings. The number of benzene rings is 1. The number of hydrogen-bond donors (Lipinski definition) is 2. The van der Waals surface area contributed by atoms with Crippen LogP contribution in [-0.4, -0.2) is 11.5 Å². The fourth-order valence-electron chi connectivity index (χ4n) is 1.17. The molecule has 0 heterocycles. The molecule has 0 aliphatic carbocycles. The smallest absolute Gasteiger partial charge is 0.273 e. The van der Waals surface area contributed by atoms with Crippen LogP contribution in [0, 0.1) is 15.9 Å². The van der Waals surface area contributed by atoms with E-state index >= 15 is 0 Å². The Labute approximate surface area is 91.7 Å². The van der Waals surface area contributed by atoms with Gasteiger partial charge in [0.25, 0.3) is 5.69 Å². The molecule has 1 rings (SSSR count). The molecule has 0 spiro atoms. The maximum Gasteiger partial charge on any atom is 0.273 e. The van der Waals surface area contributed by atoms with Crippen LogP contribution in [0.3, 0.4) is 0 Å². The maximum atomic E-state index is 13.2. The van der Waals surface area contributed by atoms with Gasteiger partial charge in [-0.15, -0.1) is 0 Å². The highest BCUT2D eigenvalue weighted by Crippen LogP contribution is 2.24. The topological polar surface area (TPSA) is 95.2 Å². The molecule has 0 radical (unpaired) electrons. The van der Waals surface area contributed by atoms with Gasteiger partial charge in [-0.1, -0.05) is 12.2 Å². The zero-order valence-electron chi connectivity index (χ0n) is 8.52. The van der Waals surface area contributed by atoms with Crippen LogP contribution in [0.2, 0.25) is 0 Å². The van der Waals surface area contributed by atoms with Crippen LogP contribution in [0.1, 0.15) is 12.0 Å². The van der Waals surface area contributed by atoms with E-state index in [-0.39, 0.29) is 11.4 Å². The van der Waals surface area contributed by atoms with Crippen LogP contribution < -0.4 is 11.5 Å². The molecule has 1 aromatic rings. The first kappa shape index (κ1) is 12.1. The second-order valence-electron chi connectivity index (χ2n) is 3.17. The van der Waals surface area contributed by atoms with E-state index in [4.69, 9.17) is 11.5 Å². The lowest BCUT2D eigenvalue weighted by Gasteiger charge is -2.02. The van der Waals surface area contributed by atoms with Crippen molar-refractivity contribution in [3.63, 3.8) is 0 Å². The molecule has 16 heavy (non-hydrogen) atoms. The van der Waals surface area contributed by atoms with Crippen LogP contribution >= 0.6 is 0 Å². The lowest BCUT2D eigenvalue weighted by Crippen LogP contribution is -1.98. The molecule has 86 valence electrons. The van der Waals surface area contributed by atoms with Crippen LogP contribution in [-0.2, 0) is 0 Å². The van der Waals surface area contributed by atoms with E-state index < -0.39 is 10.7 Å². The number of nitro groups is 1. The summed E-state index contributed by atoms with van der Waals surface area (Å²) in [6.45, 7) is 0.452. The molecule has 0 aromatic heterocycles. The summed E-state index contributed by atoms with van der Waals surface area (Å²) in [7, 11) is 0. The standard InChI is InChI=1S/C10H12FN3O2/c11-9-6-8(14(15)16)5-7(10(9)13)3-1-2-4-12/h1,3,5-6H,2,4,12-13H2. The lowest BCUT2D eigenvalue weighted by molar-refractivity contribution is -0.385. The summed E-state index contributed by atoms with van der Waals surface area (Å²) >= 11 is 0. The van der Waals surface area contributed by atoms with E-state index in [0.29, 0.717) is 18.5 Å². The summed E-state index contributed by atoms with van der Waals surface area (Å²) in [5, 5.41) is 10.5. The van der Waals surface area contributed by atoms with Crippen molar-refractivity contribution < 1.29 is 9.31 Å². The molecule has 6 heteroatoms. The first-order valence-electron chi connectivity index (χ1n) is 4.66. The van der Waals surface area contributed by atoms with Crippen LogP contribution in [0.15, 0.2) is 18.2 Å². The molecule has 0 amide bonds. The molecule has 5 nitrogen and oxygen atoms in total. The number of nitrogens with two attached hydrogens (primary N) is 2. The number of nitro benzene ring substituents is 1. The Hall–Kier alpha value is -1.95. The summed E-state index contributed by atoms with van der Waals surface area (Å²) < 4.78 is 13.2. The number of hydrogen-bond acceptors (Lipinski definition) is 4. The largest absolute Gasteiger partial charge is 0.396 e. The second-order valence-corrected chi connectivity index (χ2v) is 3.17. The number of non-ortho nitro benzene ring substituents is 1. The molecule has 0 fully saturated rings. The molecule has 0 unspecified atom stereocenters. The monoisotopic (exact) mass is 225 g/mol. The molecular weight excluding hydrogens is 213 g/mol. The van der Waals surface area contributed by atoms with Gasteiger partial charge < -0.3 is 11.5 Å². The van der Waals surface area contributed by atoms with Gasteiger partial charge >= 0.3 is 0 Å². The molecule has 0 saturated carbocycles. The molecule has 0 bridgehead atoms. The minimum absolute atomic E-state index is 0.0983. The van der Waals surface area contributed by atoms with Crippen molar-refractivity contribution >= 4 is 17.5 Å². The predicted octanol–water partition coefficient (Wildman–Crippen LogP) is 1.68. The summed E-state index contributed by atoms with van der Waals surface area (Å²) in [5.74, 6) is -0.790. The fraction of sp³-hybridized carbons (Fsp3) is 0.200. The Bertz CT molecular complexity index is 432. The summed E-state index contributed by atoms with van der Waals surface area (Å²) in [4.78, 5) is 9.84. The van der Waals surface area contributed by atoms with E-state index in [1.54, 1.807) is 6.08 Å². The predicted molar refractivity (Wildman–Crippen MR) is 60.2 cm³/mol. The van der Waals surface area contributed by atoms with Crippen molar-refractivity contribution in [1.82, 2.24) is 0 Å². The third-order valence-electron chi connectivity index (χ3n) is 1.99. The number of rotatable bonds is 4. The number of nitrogens with zero attached hydrogens (tertiary/aromatic N) is 1. The van der Waals surface area contributed by atoms with E-state index in [1.165, 1.54) is 12.1 Å². The molecule has 0 aliphatic heterocycles. The van der Waals surface area contributed by atoms with Gasteiger partial charge in [0.2, 0.25) is 0 Å². The lowest BCUT2D eigenvalue weighted by atomic mass is 10.1. The Morgan fingerprint density at radius 2 is 2.19 bits per heavy atom. The minimum Gasteiger partial charge on any atom is -0.396 e. The van der Waals surface area contributed by atoms with Crippen molar-refractivity contribution in [3.8, 4) is 0 Å². The molecule has 0 atom stereocenters. The quantitative estimate of drug-likeness (QED) is 0.463. The SMILES string of the molecule is NCCC=Cc1cc([N+](=O)[O-])cc(F)c1N. The van der Waals surface area contributed by atoms with Gasteiger partial charge in [-0.3, -0.25) is 10.1 Å². The number of halogens is 1. The third kappa shape index (κ3) is 2.77. The zero-order chi connectivity index (χ0) is 12.1. The van der Waals surface area contributed by atoms with Gasteiger partial charge in [-0.2, -0.15) is 0 Å². The van der Waals surface area contributed by atoms with Gasteiger partial charge in [-0.05, 0) is 13.0 Å². The van der Waals surface area contributed by atoms with Gasteiger partial charge in [0.15, 0.2) is 5.82 Å². The zero-order valence-corrected chi connectivity index (χ0v) is 8.52. The summed E-state index contributed by atoms with van der Waals surface area (Å²) in [5.41, 5.74) is 10.6. The number of nitrogen functional groups attached to an aromatic ring is 1. The van der Waals surface area contributed by atoms with Crippen LogP contribution in [0.25, 0.3) is 6.08 Å². The van der Waals surface area contributed by atoms with E-state index in [0.717, 1.165) is 6.07 Å². The van der Waals surface area contributed by atoms with Crippen molar-refractivity contribution in [2.24, 2.45) is 5.73 Å². The van der Waals surface area contributed by atoms with Crippen molar-refractivity contribution in [2.45, 2.75) is 6.42 Å². The highest BCUT2D eigenvalue weighted by atomic mass is 19.1. The van der Waals surface area contributed by atoms with Crippen LogP contribution in [0.4, 0.5) is 15.8 Å². The van der Waals surface area contributed by atoms with E-state index in [2.05, 4.69) is 0 Å². The van der Waals surface area contributed by atoms with Gasteiger partial charge in [0, 0.05) is 11.6 Å². The first-order valence-corrected chi connectivity index (χ1v) is 4.66. The van der Waals surface area contributed by atoms with Crippen molar-refractivity contribution in [2.75, 3.05) is 12.3 Å². The average molecular weight is 225 g/mol. The maximum absolute atomic E-state index is 13.2. The highest BCUT2D eigenvalue weighted by molar-refractivity contribution is 5.67. The summed E-state index contributed by atoms with van der Waals surface area (Å²) in [6.07, 6.45) is 3.82. The highest BCUT2D eigenvalue weighted by Gasteiger charge is 2.12. The molecule has 4 N–H and O–H groups in total. The fourth-order valence-corrected chi connectivity index (χ4v) is 1.17. The summed E-state index contributed by atoms with van der Waals surface area (Å²) in [6, 6.07) is 2.03. The van der Waals surface area contributed by atoms with E-state index in [9.17, 15) is 14.5 Å². The van der Waals surface area contributed by atoms with Crippen LogP contribution in [0.5, 0.6) is 0 Å². The third-order valence-corrected chi connectivity index (χ3v) is 1.99. The molecule has 0 saturated heterocycles.